The highest BCUT2D eigenvalue weighted by atomic mass is 19.1. The van der Waals surface area contributed by atoms with Gasteiger partial charge in [0.2, 0.25) is 0 Å². The number of carbonyl (C=O) groups is 2. The van der Waals surface area contributed by atoms with Gasteiger partial charge in [-0.05, 0) is 30.5 Å². The van der Waals surface area contributed by atoms with Crippen molar-refractivity contribution in [1.29, 1.82) is 0 Å². The lowest BCUT2D eigenvalue weighted by molar-refractivity contribution is -0.143. The highest BCUT2D eigenvalue weighted by molar-refractivity contribution is 5.76. The zero-order valence-corrected chi connectivity index (χ0v) is 11.0. The molecule has 2 amide bonds. The van der Waals surface area contributed by atoms with Crippen molar-refractivity contribution in [2.75, 3.05) is 13.1 Å². The number of nitrogens with one attached hydrogen (secondary N) is 1. The Kier molecular flexibility index (Phi) is 4.55. The van der Waals surface area contributed by atoms with Crippen LogP contribution < -0.4 is 5.32 Å². The predicted molar refractivity (Wildman–Crippen MR) is 70.6 cm³/mol. The van der Waals surface area contributed by atoms with Gasteiger partial charge in [-0.2, -0.15) is 0 Å². The fourth-order valence-corrected chi connectivity index (χ4v) is 2.25. The lowest BCUT2D eigenvalue weighted by atomic mass is 9.99. The molecule has 0 radical (unpaired) electrons. The Bertz CT molecular complexity index is 490. The first-order valence-electron chi connectivity index (χ1n) is 6.56. The Morgan fingerprint density at radius 1 is 1.35 bits per heavy atom. The predicted octanol–water partition coefficient (Wildman–Crippen LogP) is 1.83. The van der Waals surface area contributed by atoms with Crippen LogP contribution in [0.5, 0.6) is 0 Å². The third kappa shape index (κ3) is 3.69. The molecule has 108 valence electrons. The van der Waals surface area contributed by atoms with Crippen molar-refractivity contribution in [2.45, 2.75) is 19.4 Å². The summed E-state index contributed by atoms with van der Waals surface area (Å²) in [4.78, 5) is 24.4. The normalized spacial score (nSPS) is 18.6. The maximum Gasteiger partial charge on any atom is 0.317 e. The van der Waals surface area contributed by atoms with Crippen LogP contribution in [0.3, 0.4) is 0 Å². The molecule has 1 aliphatic rings. The first-order valence-corrected chi connectivity index (χ1v) is 6.56. The van der Waals surface area contributed by atoms with Crippen molar-refractivity contribution in [3.63, 3.8) is 0 Å². The largest absolute Gasteiger partial charge is 0.481 e. The van der Waals surface area contributed by atoms with Crippen molar-refractivity contribution in [1.82, 2.24) is 10.2 Å². The van der Waals surface area contributed by atoms with E-state index in [1.807, 2.05) is 0 Å². The van der Waals surface area contributed by atoms with Crippen molar-refractivity contribution in [3.8, 4) is 0 Å². The van der Waals surface area contributed by atoms with Crippen LogP contribution >= 0.6 is 0 Å². The van der Waals surface area contributed by atoms with E-state index >= 15 is 0 Å². The second-order valence-corrected chi connectivity index (χ2v) is 4.91. The molecule has 0 spiro atoms. The molecule has 0 aliphatic carbocycles. The number of carboxylic acids is 1. The van der Waals surface area contributed by atoms with E-state index in [4.69, 9.17) is 5.11 Å². The first-order chi connectivity index (χ1) is 9.56. The SMILES string of the molecule is O=C(O)[C@H]1CCCN(C(=O)NCc2ccc(F)cc2)C1. The number of likely N-dealkylation sites (tertiary alicyclic amines) is 1. The number of hydrogen-bond acceptors (Lipinski definition) is 2. The van der Waals surface area contributed by atoms with Crippen LogP contribution in [0.1, 0.15) is 18.4 Å². The number of piperidine rings is 1. The van der Waals surface area contributed by atoms with Gasteiger partial charge in [0, 0.05) is 19.6 Å². The molecule has 1 aromatic carbocycles. The number of carboxylic acid groups (broad SMARTS) is 1. The quantitative estimate of drug-likeness (QED) is 0.887. The number of nitrogens with zero attached hydrogens (tertiary/aromatic N) is 1. The van der Waals surface area contributed by atoms with E-state index in [1.165, 1.54) is 17.0 Å². The number of hydrogen-bond donors (Lipinski definition) is 2. The molecule has 1 heterocycles. The summed E-state index contributed by atoms with van der Waals surface area (Å²) < 4.78 is 12.7. The topological polar surface area (TPSA) is 69.6 Å². The second kappa shape index (κ2) is 6.36. The van der Waals surface area contributed by atoms with Crippen molar-refractivity contribution < 1.29 is 19.1 Å². The molecule has 0 aromatic heterocycles. The first kappa shape index (κ1) is 14.3. The van der Waals surface area contributed by atoms with E-state index in [-0.39, 0.29) is 18.4 Å². The van der Waals surface area contributed by atoms with Gasteiger partial charge in [-0.25, -0.2) is 9.18 Å². The Balaban J connectivity index is 1.85. The van der Waals surface area contributed by atoms with Gasteiger partial charge in [-0.3, -0.25) is 4.79 Å². The second-order valence-electron chi connectivity index (χ2n) is 4.91. The Morgan fingerprint density at radius 2 is 2.05 bits per heavy atom. The fraction of sp³-hybridized carbons (Fsp3) is 0.429. The van der Waals surface area contributed by atoms with E-state index in [2.05, 4.69) is 5.32 Å². The van der Waals surface area contributed by atoms with Crippen LogP contribution in [-0.4, -0.2) is 35.1 Å². The lowest BCUT2D eigenvalue weighted by Gasteiger charge is -2.30. The van der Waals surface area contributed by atoms with Gasteiger partial charge in [-0.15, -0.1) is 0 Å². The third-order valence-electron chi connectivity index (χ3n) is 3.41. The Morgan fingerprint density at radius 3 is 2.70 bits per heavy atom. The fourth-order valence-electron chi connectivity index (χ4n) is 2.25. The molecule has 6 heteroatoms. The van der Waals surface area contributed by atoms with Gasteiger partial charge in [0.1, 0.15) is 5.82 Å². The minimum atomic E-state index is -0.860. The molecule has 1 aliphatic heterocycles. The van der Waals surface area contributed by atoms with Crippen molar-refractivity contribution >= 4 is 12.0 Å². The van der Waals surface area contributed by atoms with Crippen LogP contribution in [0.25, 0.3) is 0 Å². The van der Waals surface area contributed by atoms with E-state index in [0.29, 0.717) is 25.9 Å². The average molecular weight is 280 g/mol. The molecule has 0 saturated carbocycles. The monoisotopic (exact) mass is 280 g/mol. The van der Waals surface area contributed by atoms with Crippen LogP contribution in [0.15, 0.2) is 24.3 Å². The van der Waals surface area contributed by atoms with Gasteiger partial charge in [-0.1, -0.05) is 12.1 Å². The molecule has 5 nitrogen and oxygen atoms in total. The third-order valence-corrected chi connectivity index (χ3v) is 3.41. The van der Waals surface area contributed by atoms with Gasteiger partial charge in [0.15, 0.2) is 0 Å². The number of carbonyl (C=O) groups excluding carboxylic acids is 1. The van der Waals surface area contributed by atoms with E-state index in [1.54, 1.807) is 12.1 Å². The number of amides is 2. The number of aliphatic carboxylic acids is 1. The molecule has 1 saturated heterocycles. The van der Waals surface area contributed by atoms with Crippen molar-refractivity contribution in [3.05, 3.63) is 35.6 Å². The highest BCUT2D eigenvalue weighted by Gasteiger charge is 2.27. The van der Waals surface area contributed by atoms with Crippen LogP contribution in [0.2, 0.25) is 0 Å². The summed E-state index contributed by atoms with van der Waals surface area (Å²) in [5, 5.41) is 11.7. The lowest BCUT2D eigenvalue weighted by Crippen LogP contribution is -2.46. The molecule has 1 aromatic rings. The summed E-state index contributed by atoms with van der Waals surface area (Å²) in [6, 6.07) is 5.60. The molecular weight excluding hydrogens is 263 g/mol. The van der Waals surface area contributed by atoms with E-state index < -0.39 is 11.9 Å². The van der Waals surface area contributed by atoms with Crippen molar-refractivity contribution in [2.24, 2.45) is 5.92 Å². The van der Waals surface area contributed by atoms with Gasteiger partial charge >= 0.3 is 12.0 Å². The minimum absolute atomic E-state index is 0.241. The highest BCUT2D eigenvalue weighted by Crippen LogP contribution is 2.16. The maximum atomic E-state index is 12.7. The van der Waals surface area contributed by atoms with Crippen LogP contribution in [-0.2, 0) is 11.3 Å². The molecule has 1 atom stereocenters. The van der Waals surface area contributed by atoms with Gasteiger partial charge < -0.3 is 15.3 Å². The number of halogens is 1. The van der Waals surface area contributed by atoms with Crippen LogP contribution in [0, 0.1) is 11.7 Å². The minimum Gasteiger partial charge on any atom is -0.481 e. The number of rotatable bonds is 3. The Hall–Kier alpha value is -2.11. The number of urea groups is 1. The molecule has 1 fully saturated rings. The summed E-state index contributed by atoms with van der Waals surface area (Å²) in [5.74, 6) is -1.67. The molecule has 0 unspecified atom stereocenters. The van der Waals surface area contributed by atoms with E-state index in [9.17, 15) is 14.0 Å². The number of benzene rings is 1. The standard InChI is InChI=1S/C14H17FN2O3/c15-12-5-3-10(4-6-12)8-16-14(20)17-7-1-2-11(9-17)13(18)19/h3-6,11H,1-2,7-9H2,(H,16,20)(H,18,19)/t11-/m0/s1. The smallest absolute Gasteiger partial charge is 0.317 e. The summed E-state index contributed by atoms with van der Waals surface area (Å²) >= 11 is 0. The molecule has 2 N–H and O–H groups in total. The average Bonchev–Trinajstić information content (AvgIpc) is 2.46. The zero-order valence-electron chi connectivity index (χ0n) is 11.0. The summed E-state index contributed by atoms with van der Waals surface area (Å²) in [5.41, 5.74) is 0.798. The summed E-state index contributed by atoms with van der Waals surface area (Å²) in [7, 11) is 0. The van der Waals surface area contributed by atoms with Gasteiger partial charge in [0.05, 0.1) is 5.92 Å². The van der Waals surface area contributed by atoms with Gasteiger partial charge in [0.25, 0.3) is 0 Å². The summed E-state index contributed by atoms with van der Waals surface area (Å²) in [6.07, 6.45) is 1.30. The summed E-state index contributed by atoms with van der Waals surface area (Å²) in [6.45, 7) is 1.11. The molecule has 0 bridgehead atoms. The molecule has 2 rings (SSSR count). The van der Waals surface area contributed by atoms with Crippen LogP contribution in [0.4, 0.5) is 9.18 Å². The molecular formula is C14H17FN2O3. The van der Waals surface area contributed by atoms with E-state index in [0.717, 1.165) is 5.56 Å². The zero-order chi connectivity index (χ0) is 14.5. The maximum absolute atomic E-state index is 12.7. The Labute approximate surface area is 116 Å². The molecule has 20 heavy (non-hydrogen) atoms.